The van der Waals surface area contributed by atoms with Gasteiger partial charge in [-0.1, -0.05) is 0 Å². The third-order valence-electron chi connectivity index (χ3n) is 3.00. The second-order valence-corrected chi connectivity index (χ2v) is 6.54. The summed E-state index contributed by atoms with van der Waals surface area (Å²) in [7, 11) is 0. The largest absolute Gasteiger partial charge is 0.338 e. The van der Waals surface area contributed by atoms with Gasteiger partial charge in [-0.3, -0.25) is 4.79 Å². The van der Waals surface area contributed by atoms with Crippen LogP contribution in [-0.4, -0.2) is 54.5 Å². The maximum Gasteiger partial charge on any atom is 0.317 e. The number of rotatable bonds is 2. The van der Waals surface area contributed by atoms with Gasteiger partial charge in [0, 0.05) is 38.1 Å². The molecule has 1 aromatic rings. The lowest BCUT2D eigenvalue weighted by molar-refractivity contribution is 0.0666. The lowest BCUT2D eigenvalue weighted by atomic mass is 10.2. The number of hydrogen-bond acceptors (Lipinski definition) is 3. The predicted octanol–water partition coefficient (Wildman–Crippen LogP) is 2.00. The molecule has 2 rings (SSSR count). The minimum absolute atomic E-state index is 0.0394. The number of nitrogens with one attached hydrogen (secondary N) is 1. The number of nitrogens with zero attached hydrogens (tertiary/aromatic N) is 2. The van der Waals surface area contributed by atoms with Gasteiger partial charge in [0.2, 0.25) is 0 Å². The number of hydrogen-bond donors (Lipinski definition) is 1. The quantitative estimate of drug-likeness (QED) is 0.891. The van der Waals surface area contributed by atoms with E-state index in [2.05, 4.69) is 21.2 Å². The number of piperazine rings is 1. The molecule has 19 heavy (non-hydrogen) atoms. The van der Waals surface area contributed by atoms with Crippen molar-refractivity contribution in [3.05, 3.63) is 20.8 Å². The summed E-state index contributed by atoms with van der Waals surface area (Å²) in [5.41, 5.74) is 0.711. The molecule has 0 saturated carbocycles. The molecule has 0 bridgehead atoms. The van der Waals surface area contributed by atoms with E-state index in [1.165, 1.54) is 11.3 Å². The Kier molecular flexibility index (Phi) is 4.81. The molecule has 0 radical (unpaired) electrons. The zero-order chi connectivity index (χ0) is 13.8. The third-order valence-corrected chi connectivity index (χ3v) is 4.50. The number of carbonyl (C=O) groups excluding carboxylic acids is 2. The topological polar surface area (TPSA) is 52.7 Å². The Hall–Kier alpha value is -1.08. The van der Waals surface area contributed by atoms with Gasteiger partial charge < -0.3 is 15.1 Å². The first-order valence-electron chi connectivity index (χ1n) is 6.18. The molecule has 1 aromatic heterocycles. The predicted molar refractivity (Wildman–Crippen MR) is 78.6 cm³/mol. The van der Waals surface area contributed by atoms with Crippen molar-refractivity contribution in [1.82, 2.24) is 15.1 Å². The van der Waals surface area contributed by atoms with Crippen LogP contribution in [0, 0.1) is 0 Å². The molecule has 1 fully saturated rings. The van der Waals surface area contributed by atoms with Crippen molar-refractivity contribution in [3.8, 4) is 0 Å². The Morgan fingerprint density at radius 2 is 1.95 bits per heavy atom. The Morgan fingerprint density at radius 3 is 2.47 bits per heavy atom. The van der Waals surface area contributed by atoms with Crippen molar-refractivity contribution >= 4 is 39.2 Å². The van der Waals surface area contributed by atoms with Gasteiger partial charge in [0.05, 0.1) is 9.35 Å². The van der Waals surface area contributed by atoms with E-state index in [1.54, 1.807) is 9.80 Å². The highest BCUT2D eigenvalue weighted by atomic mass is 79.9. The second kappa shape index (κ2) is 6.38. The highest BCUT2D eigenvalue weighted by molar-refractivity contribution is 9.11. The Balaban J connectivity index is 1.89. The van der Waals surface area contributed by atoms with Gasteiger partial charge in [-0.15, -0.1) is 11.3 Å². The maximum absolute atomic E-state index is 12.2. The lowest BCUT2D eigenvalue weighted by Crippen LogP contribution is -2.53. The molecule has 0 aliphatic carbocycles. The molecule has 0 unspecified atom stereocenters. The molecule has 2 heterocycles. The highest BCUT2D eigenvalue weighted by Crippen LogP contribution is 2.22. The zero-order valence-corrected chi connectivity index (χ0v) is 13.1. The number of urea groups is 1. The van der Waals surface area contributed by atoms with Crippen LogP contribution in [0.3, 0.4) is 0 Å². The van der Waals surface area contributed by atoms with Crippen LogP contribution in [0.5, 0.6) is 0 Å². The first-order valence-corrected chi connectivity index (χ1v) is 7.85. The normalized spacial score (nSPS) is 15.5. The molecule has 3 amide bonds. The molecule has 7 heteroatoms. The summed E-state index contributed by atoms with van der Waals surface area (Å²) in [5, 5.41) is 4.62. The van der Waals surface area contributed by atoms with Crippen LogP contribution in [-0.2, 0) is 0 Å². The van der Waals surface area contributed by atoms with Gasteiger partial charge in [0.15, 0.2) is 0 Å². The second-order valence-electron chi connectivity index (χ2n) is 4.25. The molecule has 1 N–H and O–H groups in total. The number of amides is 3. The molecule has 5 nitrogen and oxygen atoms in total. The fourth-order valence-corrected chi connectivity index (χ4v) is 3.11. The van der Waals surface area contributed by atoms with E-state index in [-0.39, 0.29) is 11.9 Å². The van der Waals surface area contributed by atoms with Crippen molar-refractivity contribution in [2.75, 3.05) is 32.7 Å². The fraction of sp³-hybridized carbons (Fsp3) is 0.500. The molecule has 0 atom stereocenters. The van der Waals surface area contributed by atoms with Gasteiger partial charge in [0.1, 0.15) is 0 Å². The molecule has 1 saturated heterocycles. The standard InChI is InChI=1S/C12H16BrN3O2S/c1-2-14-12(18)16-5-3-15(4-6-16)11(17)9-7-10(13)19-8-9/h7-8H,2-6H2,1H3,(H,14,18). The Labute approximate surface area is 124 Å². The summed E-state index contributed by atoms with van der Waals surface area (Å²) in [6.45, 7) is 4.87. The molecule has 104 valence electrons. The van der Waals surface area contributed by atoms with E-state index >= 15 is 0 Å². The van der Waals surface area contributed by atoms with Gasteiger partial charge in [-0.2, -0.15) is 0 Å². The van der Waals surface area contributed by atoms with E-state index in [9.17, 15) is 9.59 Å². The van der Waals surface area contributed by atoms with Crippen LogP contribution in [0.25, 0.3) is 0 Å². The number of halogens is 1. The minimum Gasteiger partial charge on any atom is -0.338 e. The fourth-order valence-electron chi connectivity index (χ4n) is 1.98. The molecular formula is C12H16BrN3O2S. The summed E-state index contributed by atoms with van der Waals surface area (Å²) in [5.74, 6) is 0.0394. The van der Waals surface area contributed by atoms with Crippen molar-refractivity contribution in [1.29, 1.82) is 0 Å². The molecule has 0 spiro atoms. The summed E-state index contributed by atoms with van der Waals surface area (Å²) < 4.78 is 0.955. The van der Waals surface area contributed by atoms with Gasteiger partial charge in [-0.05, 0) is 28.9 Å². The van der Waals surface area contributed by atoms with Gasteiger partial charge in [0.25, 0.3) is 5.91 Å². The summed E-state index contributed by atoms with van der Waals surface area (Å²) in [6, 6.07) is 1.79. The van der Waals surface area contributed by atoms with E-state index in [1.807, 2.05) is 18.4 Å². The van der Waals surface area contributed by atoms with Crippen LogP contribution >= 0.6 is 27.3 Å². The summed E-state index contributed by atoms with van der Waals surface area (Å²) in [6.07, 6.45) is 0. The SMILES string of the molecule is CCNC(=O)N1CCN(C(=O)c2csc(Br)c2)CC1. The Morgan fingerprint density at radius 1 is 1.32 bits per heavy atom. The molecule has 1 aliphatic rings. The van der Waals surface area contributed by atoms with Crippen molar-refractivity contribution in [2.45, 2.75) is 6.92 Å². The van der Waals surface area contributed by atoms with E-state index < -0.39 is 0 Å². The smallest absolute Gasteiger partial charge is 0.317 e. The first-order chi connectivity index (χ1) is 9.11. The van der Waals surface area contributed by atoms with E-state index in [0.717, 1.165) is 3.79 Å². The van der Waals surface area contributed by atoms with Crippen LogP contribution in [0.15, 0.2) is 15.2 Å². The summed E-state index contributed by atoms with van der Waals surface area (Å²) in [4.78, 5) is 27.4. The highest BCUT2D eigenvalue weighted by Gasteiger charge is 2.24. The van der Waals surface area contributed by atoms with Gasteiger partial charge in [-0.25, -0.2) is 4.79 Å². The van der Waals surface area contributed by atoms with Crippen molar-refractivity contribution < 1.29 is 9.59 Å². The minimum atomic E-state index is -0.0483. The number of thiophene rings is 1. The third kappa shape index (κ3) is 3.48. The average Bonchev–Trinajstić information content (AvgIpc) is 2.85. The molecular weight excluding hydrogens is 330 g/mol. The van der Waals surface area contributed by atoms with Crippen LogP contribution < -0.4 is 5.32 Å². The zero-order valence-electron chi connectivity index (χ0n) is 10.7. The number of carbonyl (C=O) groups is 2. The van der Waals surface area contributed by atoms with Crippen LogP contribution in [0.2, 0.25) is 0 Å². The average molecular weight is 346 g/mol. The first kappa shape index (κ1) is 14.3. The van der Waals surface area contributed by atoms with Crippen molar-refractivity contribution in [3.63, 3.8) is 0 Å². The van der Waals surface area contributed by atoms with Crippen molar-refractivity contribution in [2.24, 2.45) is 0 Å². The van der Waals surface area contributed by atoms with Crippen LogP contribution in [0.1, 0.15) is 17.3 Å². The van der Waals surface area contributed by atoms with E-state index in [4.69, 9.17) is 0 Å². The maximum atomic E-state index is 12.2. The molecule has 1 aliphatic heterocycles. The van der Waals surface area contributed by atoms with Gasteiger partial charge >= 0.3 is 6.03 Å². The lowest BCUT2D eigenvalue weighted by Gasteiger charge is -2.34. The monoisotopic (exact) mass is 345 g/mol. The van der Waals surface area contributed by atoms with E-state index in [0.29, 0.717) is 38.3 Å². The summed E-state index contributed by atoms with van der Waals surface area (Å²) >= 11 is 4.86. The van der Waals surface area contributed by atoms with Crippen LogP contribution in [0.4, 0.5) is 4.79 Å². The molecule has 0 aromatic carbocycles. The Bertz CT molecular complexity index is 469.